The average Bonchev–Trinajstić information content (AvgIpc) is 2.28. The second-order valence-electron chi connectivity index (χ2n) is 5.87. The zero-order chi connectivity index (χ0) is 14.0. The molecule has 0 saturated heterocycles. The molecular formula is C16H22F2O. The predicted octanol–water partition coefficient (Wildman–Crippen LogP) is 4.41. The Kier molecular flexibility index (Phi) is 4.56. The number of halogens is 2. The highest BCUT2D eigenvalue weighted by Crippen LogP contribution is 2.34. The Morgan fingerprint density at radius 1 is 1.21 bits per heavy atom. The van der Waals surface area contributed by atoms with Crippen LogP contribution in [0.1, 0.15) is 44.2 Å². The Morgan fingerprint density at radius 3 is 2.32 bits per heavy atom. The van der Waals surface area contributed by atoms with Gasteiger partial charge in [0.25, 0.3) is 0 Å². The van der Waals surface area contributed by atoms with Gasteiger partial charge in [0.15, 0.2) is 0 Å². The van der Waals surface area contributed by atoms with Crippen molar-refractivity contribution in [3.05, 3.63) is 34.9 Å². The number of benzene rings is 1. The summed E-state index contributed by atoms with van der Waals surface area (Å²) in [5.41, 5.74) is 0.867. The zero-order valence-corrected chi connectivity index (χ0v) is 11.9. The molecule has 19 heavy (non-hydrogen) atoms. The minimum atomic E-state index is -0.440. The van der Waals surface area contributed by atoms with E-state index in [1.54, 1.807) is 0 Å². The summed E-state index contributed by atoms with van der Waals surface area (Å²) in [5, 5.41) is 0. The third kappa shape index (κ3) is 3.75. The van der Waals surface area contributed by atoms with Gasteiger partial charge in [-0.25, -0.2) is 8.78 Å². The first-order valence-corrected chi connectivity index (χ1v) is 7.05. The highest BCUT2D eigenvalue weighted by atomic mass is 19.1. The molecule has 0 atom stereocenters. The van der Waals surface area contributed by atoms with Crippen molar-refractivity contribution >= 4 is 0 Å². The van der Waals surface area contributed by atoms with Crippen molar-refractivity contribution in [3.63, 3.8) is 0 Å². The van der Waals surface area contributed by atoms with E-state index in [0.717, 1.165) is 31.2 Å². The van der Waals surface area contributed by atoms with Crippen LogP contribution in [0.15, 0.2) is 12.1 Å². The minimum absolute atomic E-state index is 0.109. The molecule has 106 valence electrons. The normalized spacial score (nSPS) is 22.6. The molecule has 2 rings (SSSR count). The fourth-order valence-electron chi connectivity index (χ4n) is 2.62. The van der Waals surface area contributed by atoms with Crippen LogP contribution in [0.5, 0.6) is 0 Å². The molecule has 0 aromatic heterocycles. The second-order valence-corrected chi connectivity index (χ2v) is 5.87. The Hall–Kier alpha value is -0.960. The molecule has 0 bridgehead atoms. The summed E-state index contributed by atoms with van der Waals surface area (Å²) >= 11 is 0. The lowest BCUT2D eigenvalue weighted by molar-refractivity contribution is -0.0633. The van der Waals surface area contributed by atoms with Gasteiger partial charge in [0.2, 0.25) is 0 Å². The van der Waals surface area contributed by atoms with E-state index in [9.17, 15) is 8.78 Å². The number of rotatable bonds is 5. The quantitative estimate of drug-likeness (QED) is 0.768. The van der Waals surface area contributed by atoms with Crippen LogP contribution in [0.25, 0.3) is 0 Å². The number of ether oxygens (including phenoxy) is 1. The Balaban J connectivity index is 1.78. The molecule has 0 N–H and O–H groups in total. The summed E-state index contributed by atoms with van der Waals surface area (Å²) in [7, 11) is 0. The Bertz CT molecular complexity index is 413. The number of aryl methyl sites for hydroxylation is 1. The molecule has 1 aliphatic rings. The predicted molar refractivity (Wildman–Crippen MR) is 72.1 cm³/mol. The fraction of sp³-hybridized carbons (Fsp3) is 0.625. The van der Waals surface area contributed by atoms with Crippen molar-refractivity contribution in [1.82, 2.24) is 0 Å². The summed E-state index contributed by atoms with van der Waals surface area (Å²) in [5.74, 6) is -0.245. The lowest BCUT2D eigenvalue weighted by atomic mass is 9.78. The molecule has 1 fully saturated rings. The van der Waals surface area contributed by atoms with Crippen molar-refractivity contribution < 1.29 is 13.5 Å². The maximum atomic E-state index is 13.4. The summed E-state index contributed by atoms with van der Waals surface area (Å²) in [4.78, 5) is 0. The maximum Gasteiger partial charge on any atom is 0.129 e. The van der Waals surface area contributed by atoms with E-state index in [0.29, 0.717) is 12.0 Å². The first kappa shape index (κ1) is 14.4. The molecule has 1 nitrogen and oxygen atoms in total. The third-order valence-electron chi connectivity index (χ3n) is 3.84. The fourth-order valence-corrected chi connectivity index (χ4v) is 2.62. The van der Waals surface area contributed by atoms with Crippen LogP contribution in [0.2, 0.25) is 0 Å². The van der Waals surface area contributed by atoms with Crippen LogP contribution in [0.3, 0.4) is 0 Å². The summed E-state index contributed by atoms with van der Waals surface area (Å²) < 4.78 is 32.5. The molecule has 0 spiro atoms. The molecule has 0 radical (unpaired) electrons. The first-order chi connectivity index (χ1) is 8.95. The van der Waals surface area contributed by atoms with Gasteiger partial charge in [-0.2, -0.15) is 0 Å². The van der Waals surface area contributed by atoms with Gasteiger partial charge in [-0.3, -0.25) is 0 Å². The van der Waals surface area contributed by atoms with Crippen molar-refractivity contribution in [2.45, 2.75) is 58.7 Å². The highest BCUT2D eigenvalue weighted by Gasteiger charge is 2.29. The lowest BCUT2D eigenvalue weighted by Crippen LogP contribution is -2.33. The van der Waals surface area contributed by atoms with Crippen LogP contribution in [-0.4, -0.2) is 12.2 Å². The monoisotopic (exact) mass is 268 g/mol. The van der Waals surface area contributed by atoms with Crippen molar-refractivity contribution in [3.8, 4) is 0 Å². The van der Waals surface area contributed by atoms with Gasteiger partial charge in [-0.05, 0) is 70.1 Å². The summed E-state index contributed by atoms with van der Waals surface area (Å²) in [6.45, 7) is 5.56. The SMILES string of the molecule is Cc1c(F)cc(CCC2CC(OC(C)C)C2)cc1F. The van der Waals surface area contributed by atoms with Crippen LogP contribution in [-0.2, 0) is 11.2 Å². The van der Waals surface area contributed by atoms with Gasteiger partial charge in [-0.1, -0.05) is 0 Å². The number of hydrogen-bond donors (Lipinski definition) is 0. The number of hydrogen-bond acceptors (Lipinski definition) is 1. The van der Waals surface area contributed by atoms with Crippen molar-refractivity contribution in [2.24, 2.45) is 5.92 Å². The third-order valence-corrected chi connectivity index (χ3v) is 3.84. The van der Waals surface area contributed by atoms with Crippen LogP contribution >= 0.6 is 0 Å². The molecule has 0 amide bonds. The zero-order valence-electron chi connectivity index (χ0n) is 11.9. The van der Waals surface area contributed by atoms with Crippen molar-refractivity contribution in [1.29, 1.82) is 0 Å². The van der Waals surface area contributed by atoms with E-state index in [1.165, 1.54) is 19.1 Å². The van der Waals surface area contributed by atoms with Gasteiger partial charge in [-0.15, -0.1) is 0 Å². The molecule has 1 saturated carbocycles. The summed E-state index contributed by atoms with van der Waals surface area (Å²) in [6, 6.07) is 2.92. The van der Waals surface area contributed by atoms with E-state index in [1.807, 2.05) is 13.8 Å². The summed E-state index contributed by atoms with van der Waals surface area (Å²) in [6.07, 6.45) is 4.56. The molecule has 3 heteroatoms. The van der Waals surface area contributed by atoms with Crippen LogP contribution in [0.4, 0.5) is 8.78 Å². The highest BCUT2D eigenvalue weighted by molar-refractivity contribution is 5.25. The topological polar surface area (TPSA) is 9.23 Å². The molecular weight excluding hydrogens is 246 g/mol. The standard InChI is InChI=1S/C16H22F2O/c1-10(2)19-14-6-12(7-14)4-5-13-8-15(17)11(3)16(18)9-13/h8-10,12,14H,4-7H2,1-3H3. The van der Waals surface area contributed by atoms with Crippen molar-refractivity contribution in [2.75, 3.05) is 0 Å². The Morgan fingerprint density at radius 2 is 1.79 bits per heavy atom. The Labute approximate surface area is 114 Å². The van der Waals surface area contributed by atoms with Gasteiger partial charge in [0, 0.05) is 5.56 Å². The first-order valence-electron chi connectivity index (χ1n) is 7.05. The second kappa shape index (κ2) is 6.00. The maximum absolute atomic E-state index is 13.4. The van der Waals surface area contributed by atoms with Crippen LogP contribution < -0.4 is 0 Å². The molecule has 0 aliphatic heterocycles. The molecule has 0 unspecified atom stereocenters. The largest absolute Gasteiger partial charge is 0.376 e. The van der Waals surface area contributed by atoms with Gasteiger partial charge in [0.1, 0.15) is 11.6 Å². The van der Waals surface area contributed by atoms with E-state index in [4.69, 9.17) is 4.74 Å². The van der Waals surface area contributed by atoms with Crippen LogP contribution in [0, 0.1) is 24.5 Å². The molecule has 0 heterocycles. The molecule has 1 aromatic rings. The molecule has 1 aromatic carbocycles. The van der Waals surface area contributed by atoms with E-state index in [-0.39, 0.29) is 11.7 Å². The lowest BCUT2D eigenvalue weighted by Gasteiger charge is -2.36. The minimum Gasteiger partial charge on any atom is -0.376 e. The smallest absolute Gasteiger partial charge is 0.129 e. The van der Waals surface area contributed by atoms with Gasteiger partial charge in [0.05, 0.1) is 12.2 Å². The molecule has 1 aliphatic carbocycles. The van der Waals surface area contributed by atoms with Gasteiger partial charge < -0.3 is 4.74 Å². The van der Waals surface area contributed by atoms with E-state index >= 15 is 0 Å². The van der Waals surface area contributed by atoms with E-state index < -0.39 is 11.6 Å². The van der Waals surface area contributed by atoms with Gasteiger partial charge >= 0.3 is 0 Å². The van der Waals surface area contributed by atoms with E-state index in [2.05, 4.69) is 0 Å². The average molecular weight is 268 g/mol.